The molecule has 0 saturated carbocycles. The van der Waals surface area contributed by atoms with Gasteiger partial charge in [0, 0.05) is 32.3 Å². The first-order valence-corrected chi connectivity index (χ1v) is 43.8. The zero-order chi connectivity index (χ0) is 33.0. The predicted molar refractivity (Wildman–Crippen MR) is 214 cm³/mol. The van der Waals surface area contributed by atoms with Gasteiger partial charge in [-0.05, 0) is 32.3 Å². The maximum absolute atomic E-state index is 4.47. The summed E-state index contributed by atoms with van der Waals surface area (Å²) >= 11 is 0. The lowest BCUT2D eigenvalue weighted by Gasteiger charge is -2.73. The van der Waals surface area contributed by atoms with Gasteiger partial charge >= 0.3 is 0 Å². The van der Waals surface area contributed by atoms with Crippen LogP contribution in [0.25, 0.3) is 0 Å². The van der Waals surface area contributed by atoms with Crippen LogP contribution in [0.15, 0.2) is 0 Å². The molecule has 40 heavy (non-hydrogen) atoms. The maximum Gasteiger partial charge on any atom is 0.0399 e. The molecule has 0 bridgehead atoms. The highest BCUT2D eigenvalue weighted by atomic mass is 28.4. The molecule has 0 aromatic carbocycles. The molecule has 0 aliphatic heterocycles. The molecule has 0 spiro atoms. The van der Waals surface area contributed by atoms with Crippen molar-refractivity contribution >= 4 is 64.6 Å². The van der Waals surface area contributed by atoms with E-state index >= 15 is 0 Å². The van der Waals surface area contributed by atoms with E-state index in [1.807, 2.05) is 0 Å². The van der Waals surface area contributed by atoms with Crippen LogP contribution in [0.5, 0.6) is 0 Å². The second-order valence-electron chi connectivity index (χ2n) is 20.8. The van der Waals surface area contributed by atoms with Gasteiger partial charge < -0.3 is 11.8 Å². The Morgan fingerprint density at radius 2 is 0.450 bits per heavy atom. The molecule has 0 aliphatic rings. The summed E-state index contributed by atoms with van der Waals surface area (Å²) in [6.07, 6.45) is 0. The Hall–Kier alpha value is 0.595. The van der Waals surface area contributed by atoms with Gasteiger partial charge in [-0.15, -0.1) is 0 Å². The summed E-state index contributed by atoms with van der Waals surface area (Å²) in [6.45, 7) is 62.4. The van der Waals surface area contributed by atoms with Gasteiger partial charge in [-0.2, -0.15) is 10.3 Å². The van der Waals surface area contributed by atoms with Gasteiger partial charge in [0.25, 0.3) is 0 Å². The minimum Gasteiger partial charge on any atom is -0.327 e. The lowest BCUT2D eigenvalue weighted by Crippen LogP contribution is -2.71. The highest BCUT2D eigenvalue weighted by molar-refractivity contribution is 7.10. The fourth-order valence-electron chi connectivity index (χ4n) is 8.75. The van der Waals surface area contributed by atoms with E-state index in [-0.39, 0.29) is 9.32 Å². The molecule has 0 amide bonds. The van der Waals surface area contributed by atoms with Crippen LogP contribution >= 0.6 is 0 Å². The van der Waals surface area contributed by atoms with E-state index < -0.39 is 64.6 Å². The van der Waals surface area contributed by atoms with Crippen molar-refractivity contribution in [3.05, 3.63) is 10.3 Å². The second-order valence-corrected chi connectivity index (χ2v) is 63.8. The predicted octanol–water partition coefficient (Wildman–Crippen LogP) is 11.6. The van der Waals surface area contributed by atoms with Gasteiger partial charge in [0.05, 0.1) is 0 Å². The largest absolute Gasteiger partial charge is 0.327 e. The average molecular weight is 682 g/mol. The van der Waals surface area contributed by atoms with Crippen LogP contribution in [0.2, 0.25) is 166 Å². The van der Waals surface area contributed by atoms with Crippen molar-refractivity contribution in [3.8, 4) is 23.7 Å². The standard InChI is InChI=1S/C32H72Si8/c1-33(2,3)29(34(4,5)6)25-27-31(37(13,14)15,38(16,17)18)32(39(19,20)21,40(22,23)24)28-26-30(35(7,8)9)36(10,11)12/h1-24H3/q-2. The fourth-order valence-corrected chi connectivity index (χ4v) is 62.0. The molecule has 8 heteroatoms. The summed E-state index contributed by atoms with van der Waals surface area (Å²) in [7, 11) is -13.8. The minimum absolute atomic E-state index is 0.0173. The highest BCUT2D eigenvalue weighted by Crippen LogP contribution is 2.70. The normalized spacial score (nSPS) is 15.1. The highest BCUT2D eigenvalue weighted by Gasteiger charge is 2.65. The molecule has 0 aromatic heterocycles. The Labute approximate surface area is 263 Å². The van der Waals surface area contributed by atoms with Gasteiger partial charge in [0.1, 0.15) is 0 Å². The lowest BCUT2D eigenvalue weighted by atomic mass is 10.2. The number of rotatable bonds is 9. The van der Waals surface area contributed by atoms with E-state index in [1.165, 1.54) is 0 Å². The van der Waals surface area contributed by atoms with Gasteiger partial charge in [-0.1, -0.05) is 166 Å². The summed E-state index contributed by atoms with van der Waals surface area (Å²) in [6, 6.07) is 0. The molecule has 234 valence electrons. The molecule has 0 heterocycles. The molecule has 0 saturated heterocycles. The van der Waals surface area contributed by atoms with E-state index in [0.717, 1.165) is 0 Å². The molecule has 0 unspecified atom stereocenters. The third-order valence-corrected chi connectivity index (χ3v) is 45.3. The molecule has 0 rings (SSSR count). The Morgan fingerprint density at radius 3 is 0.550 bits per heavy atom. The van der Waals surface area contributed by atoms with Crippen LogP contribution in [0.4, 0.5) is 0 Å². The first kappa shape index (κ1) is 40.6. The van der Waals surface area contributed by atoms with Gasteiger partial charge in [-0.3, -0.25) is 11.8 Å². The van der Waals surface area contributed by atoms with Gasteiger partial charge in [0.15, 0.2) is 0 Å². The van der Waals surface area contributed by atoms with E-state index in [1.54, 1.807) is 10.3 Å². The van der Waals surface area contributed by atoms with Gasteiger partial charge in [-0.25, -0.2) is 0 Å². The first-order chi connectivity index (χ1) is 16.9. The van der Waals surface area contributed by atoms with Crippen molar-refractivity contribution < 1.29 is 0 Å². The Morgan fingerprint density at radius 1 is 0.300 bits per heavy atom. The van der Waals surface area contributed by atoms with E-state index in [4.69, 9.17) is 0 Å². The summed E-state index contributed by atoms with van der Waals surface area (Å²) in [5, 5.41) is 3.34. The summed E-state index contributed by atoms with van der Waals surface area (Å²) in [4.78, 5) is 0. The zero-order valence-corrected chi connectivity index (χ0v) is 40.0. The van der Waals surface area contributed by atoms with Crippen molar-refractivity contribution in [2.45, 2.75) is 166 Å². The minimum atomic E-state index is -1.89. The monoisotopic (exact) mass is 680 g/mol. The third-order valence-electron chi connectivity index (χ3n) is 8.81. The summed E-state index contributed by atoms with van der Waals surface area (Å²) < 4.78 is 0.0347. The number of hydrogen-bond donors (Lipinski definition) is 0. The van der Waals surface area contributed by atoms with Crippen LogP contribution in [-0.2, 0) is 0 Å². The molecule has 0 fully saturated rings. The quantitative estimate of drug-likeness (QED) is 0.129. The Kier molecular flexibility index (Phi) is 12.0. The maximum atomic E-state index is 4.47. The van der Waals surface area contributed by atoms with Crippen molar-refractivity contribution in [3.63, 3.8) is 0 Å². The third kappa shape index (κ3) is 8.19. The van der Waals surface area contributed by atoms with Crippen LogP contribution in [-0.4, -0.2) is 64.6 Å². The van der Waals surface area contributed by atoms with Crippen LogP contribution in [0.1, 0.15) is 0 Å². The van der Waals surface area contributed by atoms with Crippen molar-refractivity contribution in [2.75, 3.05) is 0 Å². The second kappa shape index (κ2) is 11.8. The zero-order valence-electron chi connectivity index (χ0n) is 32.0. The topological polar surface area (TPSA) is 0 Å². The van der Waals surface area contributed by atoms with Crippen molar-refractivity contribution in [2.24, 2.45) is 0 Å². The summed E-state index contributed by atoms with van der Waals surface area (Å²) in [5.74, 6) is 17.3. The van der Waals surface area contributed by atoms with Crippen molar-refractivity contribution in [1.29, 1.82) is 0 Å². The smallest absolute Gasteiger partial charge is 0.0399 e. The average Bonchev–Trinajstić information content (AvgIpc) is 2.53. The molecule has 0 radical (unpaired) electrons. The molecule has 0 aromatic rings. The van der Waals surface area contributed by atoms with Crippen LogP contribution in [0.3, 0.4) is 0 Å². The molecular formula is C32H72Si8-2. The molecule has 0 nitrogen and oxygen atoms in total. The van der Waals surface area contributed by atoms with Crippen molar-refractivity contribution in [1.82, 2.24) is 0 Å². The van der Waals surface area contributed by atoms with Gasteiger partial charge in [0.2, 0.25) is 0 Å². The summed E-state index contributed by atoms with van der Waals surface area (Å²) in [5.41, 5.74) is 0. The molecular weight excluding hydrogens is 609 g/mol. The molecule has 0 atom stereocenters. The lowest BCUT2D eigenvalue weighted by molar-refractivity contribution is 0.774. The fraction of sp³-hybridized carbons (Fsp3) is 0.812. The number of hydrogen-bond acceptors (Lipinski definition) is 0. The van der Waals surface area contributed by atoms with Crippen LogP contribution < -0.4 is 0 Å². The Balaban J connectivity index is 8.77. The Bertz CT molecular complexity index is 854. The van der Waals surface area contributed by atoms with E-state index in [2.05, 4.69) is 181 Å². The molecule has 0 N–H and O–H groups in total. The first-order valence-electron chi connectivity index (χ1n) is 15.8. The SMILES string of the molecule is C[Si](C)(C)[C-](C#CC(C(C#C[C-]([Si](C)(C)C)[Si](C)(C)C)([Si](C)(C)C)[Si](C)(C)C)([Si](C)(C)C)[Si](C)(C)C)[Si](C)(C)C. The van der Waals surface area contributed by atoms with E-state index in [0.29, 0.717) is 0 Å². The van der Waals surface area contributed by atoms with Crippen LogP contribution in [0, 0.1) is 34.0 Å². The van der Waals surface area contributed by atoms with E-state index in [9.17, 15) is 0 Å². The molecule has 0 aliphatic carbocycles.